The summed E-state index contributed by atoms with van der Waals surface area (Å²) in [6.45, 7) is 4.16. The monoisotopic (exact) mass is 333 g/mol. The Balaban J connectivity index is 1.90. The molecule has 1 aromatic carbocycles. The summed E-state index contributed by atoms with van der Waals surface area (Å²) in [5, 5.41) is 12.4. The normalized spacial score (nSPS) is 15.2. The summed E-state index contributed by atoms with van der Waals surface area (Å²) in [6, 6.07) is 12.2. The minimum Gasteiger partial charge on any atom is -0.349 e. The minimum atomic E-state index is -0.275. The number of hydrogen-bond acceptors (Lipinski definition) is 2. The highest BCUT2D eigenvalue weighted by molar-refractivity contribution is 6.01. The van der Waals surface area contributed by atoms with Crippen LogP contribution in [0.25, 0.3) is 11.8 Å². The Morgan fingerprint density at radius 3 is 2.72 bits per heavy atom. The van der Waals surface area contributed by atoms with Crippen LogP contribution in [0.2, 0.25) is 0 Å². The van der Waals surface area contributed by atoms with Crippen LogP contribution in [0.4, 0.5) is 0 Å². The van der Waals surface area contributed by atoms with Gasteiger partial charge in [0.25, 0.3) is 5.91 Å². The van der Waals surface area contributed by atoms with Crippen LogP contribution in [-0.2, 0) is 4.79 Å². The lowest BCUT2D eigenvalue weighted by Gasteiger charge is -2.13. The first kappa shape index (κ1) is 17.0. The van der Waals surface area contributed by atoms with Gasteiger partial charge in [0, 0.05) is 23.6 Å². The molecule has 3 rings (SSSR count). The van der Waals surface area contributed by atoms with Crippen LogP contribution in [0.15, 0.2) is 42.1 Å². The van der Waals surface area contributed by atoms with Crippen molar-refractivity contribution in [2.24, 2.45) is 0 Å². The molecule has 0 unspecified atom stereocenters. The fraction of sp³-hybridized carbons (Fsp3) is 0.333. The van der Waals surface area contributed by atoms with Crippen molar-refractivity contribution in [3.63, 3.8) is 0 Å². The van der Waals surface area contributed by atoms with E-state index in [1.165, 1.54) is 11.1 Å². The van der Waals surface area contributed by atoms with E-state index in [-0.39, 0.29) is 17.5 Å². The largest absolute Gasteiger partial charge is 0.349 e. The molecule has 1 aliphatic carbocycles. The van der Waals surface area contributed by atoms with Crippen molar-refractivity contribution in [3.05, 3.63) is 58.9 Å². The van der Waals surface area contributed by atoms with Crippen LogP contribution in [0.1, 0.15) is 42.5 Å². The van der Waals surface area contributed by atoms with Gasteiger partial charge < -0.3 is 9.88 Å². The van der Waals surface area contributed by atoms with Crippen LogP contribution < -0.4 is 5.32 Å². The summed E-state index contributed by atoms with van der Waals surface area (Å²) in [4.78, 5) is 12.4. The molecule has 1 saturated carbocycles. The molecule has 0 spiro atoms. The summed E-state index contributed by atoms with van der Waals surface area (Å²) in [6.07, 6.45) is 7.92. The van der Waals surface area contributed by atoms with Crippen molar-refractivity contribution in [1.82, 2.24) is 9.88 Å². The van der Waals surface area contributed by atoms with E-state index in [0.717, 1.165) is 37.1 Å². The maximum atomic E-state index is 12.4. The third kappa shape index (κ3) is 3.66. The Hall–Kier alpha value is -2.80. The molecule has 0 radical (unpaired) electrons. The highest BCUT2D eigenvalue weighted by Gasteiger charge is 2.19. The van der Waals surface area contributed by atoms with E-state index in [1.54, 1.807) is 6.08 Å². The van der Waals surface area contributed by atoms with E-state index in [0.29, 0.717) is 0 Å². The second-order valence-electron chi connectivity index (χ2n) is 6.65. The number of nitrogens with zero attached hydrogens (tertiary/aromatic N) is 2. The molecular weight excluding hydrogens is 310 g/mol. The van der Waals surface area contributed by atoms with Crippen molar-refractivity contribution >= 4 is 12.0 Å². The second kappa shape index (κ2) is 7.40. The summed E-state index contributed by atoms with van der Waals surface area (Å²) < 4.78 is 2.02. The van der Waals surface area contributed by atoms with Gasteiger partial charge in [0.15, 0.2) is 0 Å². The summed E-state index contributed by atoms with van der Waals surface area (Å²) in [7, 11) is 0. The van der Waals surface area contributed by atoms with Gasteiger partial charge >= 0.3 is 0 Å². The summed E-state index contributed by atoms with van der Waals surface area (Å²) in [5.41, 5.74) is 4.43. The fourth-order valence-corrected chi connectivity index (χ4v) is 3.36. The number of benzene rings is 1. The van der Waals surface area contributed by atoms with Gasteiger partial charge in [0.05, 0.1) is 0 Å². The van der Waals surface area contributed by atoms with Gasteiger partial charge in [-0.3, -0.25) is 4.79 Å². The molecule has 1 aromatic heterocycles. The van der Waals surface area contributed by atoms with Crippen LogP contribution >= 0.6 is 0 Å². The zero-order valence-corrected chi connectivity index (χ0v) is 14.7. The molecule has 1 fully saturated rings. The van der Waals surface area contributed by atoms with Crippen LogP contribution in [0.5, 0.6) is 0 Å². The van der Waals surface area contributed by atoms with E-state index in [9.17, 15) is 10.1 Å². The third-order valence-electron chi connectivity index (χ3n) is 4.96. The number of carbonyl (C=O) groups excluding carboxylic acids is 1. The van der Waals surface area contributed by atoms with Gasteiger partial charge in [-0.1, -0.05) is 25.0 Å². The van der Waals surface area contributed by atoms with Crippen molar-refractivity contribution in [1.29, 1.82) is 5.26 Å². The van der Waals surface area contributed by atoms with Crippen molar-refractivity contribution in [3.8, 4) is 11.8 Å². The first-order chi connectivity index (χ1) is 12.1. The Kier molecular flexibility index (Phi) is 5.04. The maximum Gasteiger partial charge on any atom is 0.262 e. The molecule has 25 heavy (non-hydrogen) atoms. The summed E-state index contributed by atoms with van der Waals surface area (Å²) in [5.74, 6) is -0.275. The highest BCUT2D eigenvalue weighted by atomic mass is 16.1. The van der Waals surface area contributed by atoms with E-state index in [2.05, 4.69) is 31.3 Å². The zero-order chi connectivity index (χ0) is 17.8. The number of hydrogen-bond donors (Lipinski definition) is 1. The quantitative estimate of drug-likeness (QED) is 0.677. The first-order valence-electron chi connectivity index (χ1n) is 8.77. The molecule has 0 saturated heterocycles. The van der Waals surface area contributed by atoms with Gasteiger partial charge in [-0.25, -0.2) is 0 Å². The molecule has 128 valence electrons. The fourth-order valence-electron chi connectivity index (χ4n) is 3.36. The van der Waals surface area contributed by atoms with E-state index in [1.807, 2.05) is 35.0 Å². The van der Waals surface area contributed by atoms with Crippen molar-refractivity contribution < 1.29 is 4.79 Å². The molecule has 0 aliphatic heterocycles. The third-order valence-corrected chi connectivity index (χ3v) is 4.96. The van der Waals surface area contributed by atoms with E-state index < -0.39 is 0 Å². The minimum absolute atomic E-state index is 0.150. The number of aryl methyl sites for hydroxylation is 1. The lowest BCUT2D eigenvalue weighted by Crippen LogP contribution is -2.33. The van der Waals surface area contributed by atoms with Gasteiger partial charge in [-0.15, -0.1) is 0 Å². The molecule has 1 heterocycles. The van der Waals surface area contributed by atoms with Gasteiger partial charge in [0.1, 0.15) is 11.6 Å². The van der Waals surface area contributed by atoms with Gasteiger partial charge in [-0.2, -0.15) is 5.26 Å². The van der Waals surface area contributed by atoms with Crippen LogP contribution in [-0.4, -0.2) is 16.5 Å². The zero-order valence-electron chi connectivity index (χ0n) is 14.7. The van der Waals surface area contributed by atoms with Crippen molar-refractivity contribution in [2.45, 2.75) is 45.6 Å². The molecular formula is C21H23N3O. The Labute approximate surface area is 148 Å². The molecule has 2 aromatic rings. The van der Waals surface area contributed by atoms with E-state index >= 15 is 0 Å². The highest BCUT2D eigenvalue weighted by Crippen LogP contribution is 2.22. The van der Waals surface area contributed by atoms with Crippen molar-refractivity contribution in [2.75, 3.05) is 0 Å². The Morgan fingerprint density at radius 1 is 1.24 bits per heavy atom. The first-order valence-corrected chi connectivity index (χ1v) is 8.77. The molecule has 1 N–H and O–H groups in total. The average Bonchev–Trinajstić information content (AvgIpc) is 3.26. The predicted molar refractivity (Wildman–Crippen MR) is 99.2 cm³/mol. The number of aromatic nitrogens is 1. The Bertz CT molecular complexity index is 848. The molecule has 1 aliphatic rings. The van der Waals surface area contributed by atoms with Gasteiger partial charge in [-0.05, 0) is 62.1 Å². The molecule has 0 bridgehead atoms. The number of amides is 1. The number of nitriles is 1. The summed E-state index contributed by atoms with van der Waals surface area (Å²) >= 11 is 0. The Morgan fingerprint density at radius 2 is 2.00 bits per heavy atom. The van der Waals surface area contributed by atoms with Crippen LogP contribution in [0.3, 0.4) is 0 Å². The topological polar surface area (TPSA) is 57.8 Å². The van der Waals surface area contributed by atoms with E-state index in [4.69, 9.17) is 0 Å². The number of carbonyl (C=O) groups is 1. The lowest BCUT2D eigenvalue weighted by molar-refractivity contribution is -0.117. The number of rotatable bonds is 4. The standard InChI is InChI=1S/C21H23N3O/c1-15-7-5-11-20(16(15)2)24-12-6-10-19(24)13-17(14-22)21(25)23-18-8-3-4-9-18/h5-7,10-13,18H,3-4,8-9H2,1-2H3,(H,23,25)/b17-13-. The lowest BCUT2D eigenvalue weighted by atomic mass is 10.1. The molecule has 4 heteroatoms. The average molecular weight is 333 g/mol. The second-order valence-corrected chi connectivity index (χ2v) is 6.65. The molecule has 4 nitrogen and oxygen atoms in total. The molecule has 1 amide bonds. The van der Waals surface area contributed by atoms with Crippen LogP contribution in [0, 0.1) is 25.2 Å². The smallest absolute Gasteiger partial charge is 0.262 e. The maximum absolute atomic E-state index is 12.4. The SMILES string of the molecule is Cc1cccc(-n2cccc2/C=C(/C#N)C(=O)NC2CCCC2)c1C. The predicted octanol–water partition coefficient (Wildman–Crippen LogP) is 4.06. The molecule has 0 atom stereocenters. The number of nitrogens with one attached hydrogen (secondary N) is 1. The van der Waals surface area contributed by atoms with Gasteiger partial charge in [0.2, 0.25) is 0 Å².